The average Bonchev–Trinajstić information content (AvgIpc) is 2.80. The third-order valence-corrected chi connectivity index (χ3v) is 10.9. The van der Waals surface area contributed by atoms with Gasteiger partial charge in [0, 0.05) is 11.8 Å². The molecule has 1 aliphatic rings. The molecule has 1 saturated carbocycles. The van der Waals surface area contributed by atoms with Gasteiger partial charge < -0.3 is 24.4 Å². The van der Waals surface area contributed by atoms with Crippen LogP contribution in [-0.2, 0) is 19.0 Å². The molecule has 0 aromatic carbocycles. The molecule has 0 bridgehead atoms. The summed E-state index contributed by atoms with van der Waals surface area (Å²) in [6.07, 6.45) is 5.80. The molecule has 0 spiro atoms. The van der Waals surface area contributed by atoms with Gasteiger partial charge in [0.05, 0.1) is 18.1 Å². The predicted octanol–water partition coefficient (Wildman–Crippen LogP) is 10.3. The molecular formula is C40H78O6. The van der Waals surface area contributed by atoms with E-state index in [9.17, 15) is 15.0 Å². The quantitative estimate of drug-likeness (QED) is 0.152. The first-order valence-corrected chi connectivity index (χ1v) is 18.4. The summed E-state index contributed by atoms with van der Waals surface area (Å²) in [4.78, 5) is 13.8. The molecule has 46 heavy (non-hydrogen) atoms. The van der Waals surface area contributed by atoms with Crippen molar-refractivity contribution in [3.8, 4) is 0 Å². The highest BCUT2D eigenvalue weighted by Crippen LogP contribution is 2.54. The van der Waals surface area contributed by atoms with E-state index in [0.29, 0.717) is 19.3 Å². The molecule has 1 fully saturated rings. The van der Waals surface area contributed by atoms with Gasteiger partial charge in [-0.3, -0.25) is 4.79 Å². The van der Waals surface area contributed by atoms with Crippen molar-refractivity contribution in [2.24, 2.45) is 44.8 Å². The van der Waals surface area contributed by atoms with Crippen LogP contribution < -0.4 is 0 Å². The summed E-state index contributed by atoms with van der Waals surface area (Å²) in [5.41, 5.74) is -1.68. The van der Waals surface area contributed by atoms with E-state index in [0.717, 1.165) is 38.5 Å². The Hall–Kier alpha value is -0.690. The number of hydrogen-bond donors (Lipinski definition) is 2. The van der Waals surface area contributed by atoms with Gasteiger partial charge in [0.15, 0.2) is 12.6 Å². The average molecular weight is 655 g/mol. The molecule has 7 atom stereocenters. The second-order valence-corrected chi connectivity index (χ2v) is 20.2. The Morgan fingerprint density at radius 1 is 0.674 bits per heavy atom. The normalized spacial score (nSPS) is 23.1. The van der Waals surface area contributed by atoms with Gasteiger partial charge in [-0.25, -0.2) is 0 Å². The molecule has 0 aliphatic heterocycles. The van der Waals surface area contributed by atoms with Gasteiger partial charge in [0.1, 0.15) is 5.60 Å². The summed E-state index contributed by atoms with van der Waals surface area (Å²) < 4.78 is 18.9. The zero-order valence-electron chi connectivity index (χ0n) is 33.4. The maximum absolute atomic E-state index is 13.8. The van der Waals surface area contributed by atoms with E-state index >= 15 is 0 Å². The first-order chi connectivity index (χ1) is 20.5. The van der Waals surface area contributed by atoms with E-state index < -0.39 is 23.6 Å². The fourth-order valence-corrected chi connectivity index (χ4v) is 7.26. The number of esters is 1. The Kier molecular flexibility index (Phi) is 15.4. The summed E-state index contributed by atoms with van der Waals surface area (Å²) in [6, 6.07) is 0. The van der Waals surface area contributed by atoms with E-state index in [4.69, 9.17) is 14.2 Å². The molecule has 7 unspecified atom stereocenters. The van der Waals surface area contributed by atoms with E-state index in [1.54, 1.807) is 0 Å². The third-order valence-electron chi connectivity index (χ3n) is 10.9. The highest BCUT2D eigenvalue weighted by Gasteiger charge is 2.51. The molecule has 1 rings (SSSR count). The molecule has 0 radical (unpaired) electrons. The van der Waals surface area contributed by atoms with Crippen LogP contribution in [0.1, 0.15) is 175 Å². The van der Waals surface area contributed by atoms with Crippen molar-refractivity contribution in [1.29, 1.82) is 0 Å². The fourth-order valence-electron chi connectivity index (χ4n) is 7.26. The number of ether oxygens (including phenoxy) is 3. The largest absolute Gasteiger partial charge is 0.460 e. The minimum atomic E-state index is -0.967. The molecule has 0 heterocycles. The second-order valence-electron chi connectivity index (χ2n) is 20.2. The SMILES string of the molecule is CCC(C(O)OC1CCCCCC(OC(O)C(CC(C)(C)C(C)(C)C(CC(C)(C)C)C(=O)OC(C)(C)C)C(C)(C)C)C1)C(C)(C)C. The Bertz CT molecular complexity index is 910. The summed E-state index contributed by atoms with van der Waals surface area (Å²) in [6.45, 7) is 36.3. The van der Waals surface area contributed by atoms with Crippen LogP contribution in [-0.4, -0.2) is 46.6 Å². The molecule has 0 aromatic heterocycles. The minimum Gasteiger partial charge on any atom is -0.460 e. The Balaban J connectivity index is 3.28. The topological polar surface area (TPSA) is 85.2 Å². The third kappa shape index (κ3) is 13.7. The first-order valence-electron chi connectivity index (χ1n) is 18.4. The number of carbonyl (C=O) groups excluding carboxylic acids is 1. The fraction of sp³-hybridized carbons (Fsp3) is 0.975. The van der Waals surface area contributed by atoms with Gasteiger partial charge in [-0.1, -0.05) is 116 Å². The smallest absolute Gasteiger partial charge is 0.310 e. The van der Waals surface area contributed by atoms with Gasteiger partial charge in [-0.05, 0) is 86.4 Å². The first kappa shape index (κ1) is 43.3. The highest BCUT2D eigenvalue weighted by atomic mass is 16.6. The summed E-state index contributed by atoms with van der Waals surface area (Å²) in [7, 11) is 0. The number of aliphatic hydroxyl groups excluding tert-OH is 2. The van der Waals surface area contributed by atoms with Crippen LogP contribution in [0.3, 0.4) is 0 Å². The molecule has 2 N–H and O–H groups in total. The Morgan fingerprint density at radius 3 is 1.48 bits per heavy atom. The van der Waals surface area contributed by atoms with Crippen molar-refractivity contribution in [3.05, 3.63) is 0 Å². The lowest BCUT2D eigenvalue weighted by molar-refractivity contribution is -0.221. The van der Waals surface area contributed by atoms with Crippen LogP contribution in [0.25, 0.3) is 0 Å². The number of aliphatic hydroxyl groups is 2. The maximum Gasteiger partial charge on any atom is 0.310 e. The van der Waals surface area contributed by atoms with Crippen LogP contribution in [0, 0.1) is 44.8 Å². The van der Waals surface area contributed by atoms with Gasteiger partial charge >= 0.3 is 5.97 Å². The summed E-state index contributed by atoms with van der Waals surface area (Å²) >= 11 is 0. The molecule has 6 heteroatoms. The zero-order chi connectivity index (χ0) is 36.1. The van der Waals surface area contributed by atoms with E-state index in [1.165, 1.54) is 0 Å². The van der Waals surface area contributed by atoms with Crippen LogP contribution in [0.2, 0.25) is 0 Å². The van der Waals surface area contributed by atoms with Crippen molar-refractivity contribution in [1.82, 2.24) is 0 Å². The Labute approximate surface area is 285 Å². The number of carbonyl (C=O) groups is 1. The second kappa shape index (κ2) is 16.3. The molecule has 274 valence electrons. The maximum atomic E-state index is 13.8. The molecule has 0 aromatic rings. The van der Waals surface area contributed by atoms with Gasteiger partial charge in [-0.15, -0.1) is 0 Å². The molecule has 0 amide bonds. The Morgan fingerprint density at radius 2 is 1.11 bits per heavy atom. The van der Waals surface area contributed by atoms with E-state index in [1.807, 2.05) is 20.8 Å². The van der Waals surface area contributed by atoms with Crippen LogP contribution >= 0.6 is 0 Å². The molecule has 1 aliphatic carbocycles. The number of rotatable bonds is 13. The highest BCUT2D eigenvalue weighted by molar-refractivity contribution is 5.74. The van der Waals surface area contributed by atoms with Crippen molar-refractivity contribution < 1.29 is 29.2 Å². The number of hydrogen-bond acceptors (Lipinski definition) is 6. The lowest BCUT2D eigenvalue weighted by atomic mass is 9.54. The monoisotopic (exact) mass is 655 g/mol. The minimum absolute atomic E-state index is 0.0431. The van der Waals surface area contributed by atoms with Crippen molar-refractivity contribution in [2.45, 2.75) is 206 Å². The van der Waals surface area contributed by atoms with E-state index in [2.05, 4.69) is 96.9 Å². The van der Waals surface area contributed by atoms with Gasteiger partial charge in [-0.2, -0.15) is 0 Å². The summed E-state index contributed by atoms with van der Waals surface area (Å²) in [5, 5.41) is 23.0. The van der Waals surface area contributed by atoms with Crippen LogP contribution in [0.15, 0.2) is 0 Å². The van der Waals surface area contributed by atoms with Crippen LogP contribution in [0.4, 0.5) is 0 Å². The lowest BCUT2D eigenvalue weighted by Gasteiger charge is -2.51. The molecular weight excluding hydrogens is 576 g/mol. The lowest BCUT2D eigenvalue weighted by Crippen LogP contribution is -2.49. The molecule has 0 saturated heterocycles. The van der Waals surface area contributed by atoms with Crippen LogP contribution in [0.5, 0.6) is 0 Å². The zero-order valence-corrected chi connectivity index (χ0v) is 33.4. The van der Waals surface area contributed by atoms with E-state index in [-0.39, 0.29) is 57.6 Å². The standard InChI is InChI=1S/C40H78O6/c1-18-29(36(5,6)7)32(41)44-27-22-20-19-21-23-28(24-27)45-33(42)30(37(8,9)10)26-39(14,15)40(16,17)31(25-35(2,3)4)34(43)46-38(11,12)13/h27-33,41-42H,18-26H2,1-17H3. The van der Waals surface area contributed by atoms with Gasteiger partial charge in [0.2, 0.25) is 0 Å². The predicted molar refractivity (Wildman–Crippen MR) is 191 cm³/mol. The van der Waals surface area contributed by atoms with Crippen molar-refractivity contribution in [2.75, 3.05) is 0 Å². The van der Waals surface area contributed by atoms with Crippen molar-refractivity contribution in [3.63, 3.8) is 0 Å². The molecule has 6 nitrogen and oxygen atoms in total. The summed E-state index contributed by atoms with van der Waals surface area (Å²) in [5.74, 6) is -0.586. The van der Waals surface area contributed by atoms with Gasteiger partial charge in [0.25, 0.3) is 0 Å². The van der Waals surface area contributed by atoms with Crippen molar-refractivity contribution >= 4 is 5.97 Å².